The van der Waals surface area contributed by atoms with Gasteiger partial charge in [-0.25, -0.2) is 25.6 Å². The maximum atomic E-state index is 14.4. The number of fused-ring (bicyclic) bond motifs is 1. The lowest BCUT2D eigenvalue weighted by molar-refractivity contribution is 0.0904. The molecule has 3 aromatic rings. The van der Waals surface area contributed by atoms with Crippen LogP contribution in [0.1, 0.15) is 25.0 Å². The standard InChI is InChI=1S/C29H30F2N2O6S2/c1-20-17-33(21(2)19-34)41(37,38)29-14-13-23(12-11-22-7-6-8-24(30)15-22)16-26(29)39-27(20)18-32(3)40(35,36)28-10-5-4-9-25(28)31/h4-10,13-16,20-21,27,34H,17-19H2,1-3H3/t20-,21-,27+/m0/s1. The average Bonchev–Trinajstić information content (AvgIpc) is 2.93. The summed E-state index contributed by atoms with van der Waals surface area (Å²) in [6.07, 6.45) is -0.865. The second-order valence-electron chi connectivity index (χ2n) is 9.88. The molecule has 0 unspecified atom stereocenters. The molecule has 0 fully saturated rings. The van der Waals surface area contributed by atoms with Crippen molar-refractivity contribution in [1.29, 1.82) is 0 Å². The number of halogens is 2. The van der Waals surface area contributed by atoms with Gasteiger partial charge in [-0.3, -0.25) is 0 Å². The minimum absolute atomic E-state index is 0.0561. The van der Waals surface area contributed by atoms with Crippen LogP contribution in [0.2, 0.25) is 0 Å². The molecule has 0 amide bonds. The lowest BCUT2D eigenvalue weighted by Crippen LogP contribution is -2.50. The molecule has 41 heavy (non-hydrogen) atoms. The molecular weight excluding hydrogens is 574 g/mol. The van der Waals surface area contributed by atoms with Gasteiger partial charge in [-0.05, 0) is 55.5 Å². The van der Waals surface area contributed by atoms with Crippen molar-refractivity contribution < 1.29 is 35.5 Å². The number of hydrogen-bond acceptors (Lipinski definition) is 6. The number of benzene rings is 3. The molecule has 1 N–H and O–H groups in total. The Bertz CT molecular complexity index is 1700. The highest BCUT2D eigenvalue weighted by Crippen LogP contribution is 2.34. The van der Waals surface area contributed by atoms with Crippen molar-refractivity contribution >= 4 is 20.0 Å². The highest BCUT2D eigenvalue weighted by atomic mass is 32.2. The molecule has 12 heteroatoms. The first kappa shape index (κ1) is 30.6. The number of rotatable bonds is 6. The van der Waals surface area contributed by atoms with E-state index in [0.717, 1.165) is 14.7 Å². The number of sulfonamides is 2. The summed E-state index contributed by atoms with van der Waals surface area (Å²) in [5.74, 6) is 3.75. The normalized spacial score (nSPS) is 19.7. The summed E-state index contributed by atoms with van der Waals surface area (Å²) in [4.78, 5) is -0.667. The Kier molecular flexibility index (Phi) is 9.16. The van der Waals surface area contributed by atoms with Gasteiger partial charge in [0, 0.05) is 36.7 Å². The summed E-state index contributed by atoms with van der Waals surface area (Å²) in [5, 5.41) is 9.82. The lowest BCUT2D eigenvalue weighted by atomic mass is 10.0. The van der Waals surface area contributed by atoms with Crippen LogP contribution in [0.5, 0.6) is 5.75 Å². The fraction of sp³-hybridized carbons (Fsp3) is 0.310. The van der Waals surface area contributed by atoms with Gasteiger partial charge in [0.25, 0.3) is 0 Å². The minimum atomic E-state index is -4.25. The third-order valence-electron chi connectivity index (χ3n) is 6.80. The predicted octanol–water partition coefficient (Wildman–Crippen LogP) is 3.45. The van der Waals surface area contributed by atoms with Gasteiger partial charge in [0.2, 0.25) is 20.0 Å². The second kappa shape index (κ2) is 12.3. The summed E-state index contributed by atoms with van der Waals surface area (Å²) >= 11 is 0. The first-order valence-electron chi connectivity index (χ1n) is 12.8. The molecule has 0 aromatic heterocycles. The average molecular weight is 605 g/mol. The number of ether oxygens (including phenoxy) is 1. The summed E-state index contributed by atoms with van der Waals surface area (Å²) in [6, 6.07) is 14.2. The number of aliphatic hydroxyl groups excluding tert-OH is 1. The van der Waals surface area contributed by atoms with Crippen molar-refractivity contribution in [1.82, 2.24) is 8.61 Å². The van der Waals surface area contributed by atoms with E-state index in [1.807, 2.05) is 0 Å². The van der Waals surface area contributed by atoms with E-state index in [-0.39, 0.29) is 23.7 Å². The van der Waals surface area contributed by atoms with Crippen LogP contribution in [-0.2, 0) is 20.0 Å². The van der Waals surface area contributed by atoms with Crippen LogP contribution in [0.15, 0.2) is 76.5 Å². The highest BCUT2D eigenvalue weighted by Gasteiger charge is 2.39. The number of nitrogens with zero attached hydrogens (tertiary/aromatic N) is 2. The van der Waals surface area contributed by atoms with Gasteiger partial charge in [-0.2, -0.15) is 8.61 Å². The zero-order chi connectivity index (χ0) is 29.9. The number of likely N-dealkylation sites (N-methyl/N-ethyl adjacent to an activating group) is 1. The Hall–Kier alpha value is -3.34. The van der Waals surface area contributed by atoms with E-state index in [9.17, 15) is 30.7 Å². The van der Waals surface area contributed by atoms with Crippen molar-refractivity contribution in [3.8, 4) is 17.6 Å². The Morgan fingerprint density at radius 1 is 1.07 bits per heavy atom. The van der Waals surface area contributed by atoms with Gasteiger partial charge in [-0.1, -0.05) is 37.0 Å². The van der Waals surface area contributed by atoms with Crippen molar-refractivity contribution in [2.45, 2.75) is 35.8 Å². The maximum Gasteiger partial charge on any atom is 0.247 e. The molecule has 3 aromatic carbocycles. The summed E-state index contributed by atoms with van der Waals surface area (Å²) in [6.45, 7) is 2.54. The Morgan fingerprint density at radius 2 is 1.76 bits per heavy atom. The van der Waals surface area contributed by atoms with E-state index in [2.05, 4.69) is 11.8 Å². The smallest absolute Gasteiger partial charge is 0.247 e. The molecule has 218 valence electrons. The minimum Gasteiger partial charge on any atom is -0.487 e. The Balaban J connectivity index is 1.76. The molecular formula is C29H30F2N2O6S2. The zero-order valence-electron chi connectivity index (χ0n) is 22.7. The van der Waals surface area contributed by atoms with Crippen molar-refractivity contribution in [2.75, 3.05) is 26.7 Å². The van der Waals surface area contributed by atoms with E-state index in [1.54, 1.807) is 19.9 Å². The first-order valence-corrected chi connectivity index (χ1v) is 15.6. The second-order valence-corrected chi connectivity index (χ2v) is 13.8. The van der Waals surface area contributed by atoms with Gasteiger partial charge in [0.15, 0.2) is 0 Å². The summed E-state index contributed by atoms with van der Waals surface area (Å²) in [5.41, 5.74) is 0.795. The molecule has 1 aliphatic heterocycles. The van der Waals surface area contributed by atoms with Crippen molar-refractivity contribution in [2.24, 2.45) is 5.92 Å². The fourth-order valence-electron chi connectivity index (χ4n) is 4.41. The Labute approximate surface area is 239 Å². The molecule has 0 spiro atoms. The molecule has 1 heterocycles. The van der Waals surface area contributed by atoms with E-state index < -0.39 is 61.2 Å². The van der Waals surface area contributed by atoms with Crippen LogP contribution in [0.25, 0.3) is 0 Å². The SMILES string of the molecule is C[C@H]1CN([C@@H](C)CO)S(=O)(=O)c2ccc(C#Cc3cccc(F)c3)cc2O[C@@H]1CN(C)S(=O)(=O)c1ccccc1F. The van der Waals surface area contributed by atoms with Crippen molar-refractivity contribution in [3.63, 3.8) is 0 Å². The van der Waals surface area contributed by atoms with Crippen LogP contribution >= 0.6 is 0 Å². The lowest BCUT2D eigenvalue weighted by Gasteiger charge is -2.37. The molecule has 0 saturated heterocycles. The number of aliphatic hydroxyl groups is 1. The monoisotopic (exact) mass is 604 g/mol. The molecule has 4 rings (SSSR count). The maximum absolute atomic E-state index is 14.4. The molecule has 3 atom stereocenters. The van der Waals surface area contributed by atoms with Crippen LogP contribution in [-0.4, -0.2) is 69.4 Å². The van der Waals surface area contributed by atoms with E-state index in [0.29, 0.717) is 11.1 Å². The third kappa shape index (κ3) is 6.60. The van der Waals surface area contributed by atoms with Crippen LogP contribution in [0.3, 0.4) is 0 Å². The van der Waals surface area contributed by atoms with Gasteiger partial charge in [0.1, 0.15) is 33.3 Å². The van der Waals surface area contributed by atoms with Gasteiger partial charge in [-0.15, -0.1) is 0 Å². The number of hydrogen-bond donors (Lipinski definition) is 1. The summed E-state index contributed by atoms with van der Waals surface area (Å²) < 4.78 is 90.0. The van der Waals surface area contributed by atoms with Crippen LogP contribution in [0, 0.1) is 29.4 Å². The molecule has 1 aliphatic rings. The zero-order valence-corrected chi connectivity index (χ0v) is 24.3. The van der Waals surface area contributed by atoms with Gasteiger partial charge < -0.3 is 9.84 Å². The van der Waals surface area contributed by atoms with Gasteiger partial charge in [0.05, 0.1) is 13.2 Å². The van der Waals surface area contributed by atoms with Gasteiger partial charge >= 0.3 is 0 Å². The fourth-order valence-corrected chi connectivity index (χ4v) is 7.47. The van der Waals surface area contributed by atoms with Crippen molar-refractivity contribution in [3.05, 3.63) is 89.5 Å². The van der Waals surface area contributed by atoms with E-state index in [4.69, 9.17) is 4.74 Å². The van der Waals surface area contributed by atoms with Crippen LogP contribution in [0.4, 0.5) is 8.78 Å². The quantitative estimate of drug-likeness (QED) is 0.433. The molecule has 8 nitrogen and oxygen atoms in total. The molecule has 0 radical (unpaired) electrons. The third-order valence-corrected chi connectivity index (χ3v) is 10.7. The molecule has 0 bridgehead atoms. The van der Waals surface area contributed by atoms with E-state index in [1.165, 1.54) is 61.6 Å². The van der Waals surface area contributed by atoms with Crippen LogP contribution < -0.4 is 4.74 Å². The summed E-state index contributed by atoms with van der Waals surface area (Å²) in [7, 11) is -7.09. The molecule has 0 saturated carbocycles. The largest absolute Gasteiger partial charge is 0.487 e. The Morgan fingerprint density at radius 3 is 2.41 bits per heavy atom. The highest BCUT2D eigenvalue weighted by molar-refractivity contribution is 7.89. The molecule has 0 aliphatic carbocycles. The topological polar surface area (TPSA) is 104 Å². The van der Waals surface area contributed by atoms with E-state index >= 15 is 0 Å². The predicted molar refractivity (Wildman–Crippen MR) is 149 cm³/mol. The first-order chi connectivity index (χ1) is 19.3.